The highest BCUT2D eigenvalue weighted by Crippen LogP contribution is 2.24. The zero-order valence-corrected chi connectivity index (χ0v) is 12.1. The van der Waals surface area contributed by atoms with Gasteiger partial charge in [0.15, 0.2) is 0 Å². The molecule has 0 spiro atoms. The van der Waals surface area contributed by atoms with Crippen LogP contribution in [0.3, 0.4) is 0 Å². The lowest BCUT2D eigenvalue weighted by molar-refractivity contribution is 0.205. The SMILES string of the molecule is CCCc1c(NN)ncnc1N(CCC#N)CCOC. The van der Waals surface area contributed by atoms with Crippen LogP contribution in [-0.4, -0.2) is 36.8 Å². The molecule has 7 heteroatoms. The average Bonchev–Trinajstić information content (AvgIpc) is 2.48. The topological polar surface area (TPSA) is 100 Å². The van der Waals surface area contributed by atoms with Crippen LogP contribution in [0.25, 0.3) is 0 Å². The van der Waals surface area contributed by atoms with Crippen LogP contribution in [0.5, 0.6) is 0 Å². The number of nitrogens with two attached hydrogens (primary N) is 1. The zero-order valence-electron chi connectivity index (χ0n) is 12.1. The fourth-order valence-electron chi connectivity index (χ4n) is 1.99. The Bertz CT molecular complexity index is 445. The second-order valence-corrected chi connectivity index (χ2v) is 4.31. The fourth-order valence-corrected chi connectivity index (χ4v) is 1.99. The average molecular weight is 278 g/mol. The number of ether oxygens (including phenoxy) is 1. The Hall–Kier alpha value is -1.91. The molecule has 0 aliphatic heterocycles. The van der Waals surface area contributed by atoms with Gasteiger partial charge in [-0.05, 0) is 6.42 Å². The van der Waals surface area contributed by atoms with Gasteiger partial charge in [-0.2, -0.15) is 5.26 Å². The van der Waals surface area contributed by atoms with E-state index in [0.29, 0.717) is 31.9 Å². The number of hydrazine groups is 1. The Balaban J connectivity index is 3.06. The lowest BCUT2D eigenvalue weighted by Crippen LogP contribution is -2.30. The van der Waals surface area contributed by atoms with E-state index in [2.05, 4.69) is 28.4 Å². The largest absolute Gasteiger partial charge is 0.383 e. The molecule has 1 aromatic heterocycles. The number of nitrogen functional groups attached to an aromatic ring is 1. The molecule has 3 N–H and O–H groups in total. The maximum absolute atomic E-state index is 8.79. The third kappa shape index (κ3) is 4.33. The van der Waals surface area contributed by atoms with Crippen LogP contribution >= 0.6 is 0 Å². The number of aromatic nitrogens is 2. The molecular formula is C13H22N6O. The first-order valence-corrected chi connectivity index (χ1v) is 6.69. The van der Waals surface area contributed by atoms with Gasteiger partial charge in [0.1, 0.15) is 18.0 Å². The van der Waals surface area contributed by atoms with Crippen LogP contribution in [0, 0.1) is 11.3 Å². The van der Waals surface area contributed by atoms with Gasteiger partial charge in [0, 0.05) is 25.8 Å². The molecule has 110 valence electrons. The van der Waals surface area contributed by atoms with Gasteiger partial charge in [-0.25, -0.2) is 15.8 Å². The van der Waals surface area contributed by atoms with Crippen LogP contribution in [0.15, 0.2) is 6.33 Å². The number of nitriles is 1. The third-order valence-electron chi connectivity index (χ3n) is 2.92. The minimum Gasteiger partial charge on any atom is -0.383 e. The molecule has 0 unspecified atom stereocenters. The van der Waals surface area contributed by atoms with Crippen LogP contribution in [0.4, 0.5) is 11.6 Å². The van der Waals surface area contributed by atoms with Gasteiger partial charge in [0.25, 0.3) is 0 Å². The predicted molar refractivity (Wildman–Crippen MR) is 78.2 cm³/mol. The molecule has 0 radical (unpaired) electrons. The molecule has 0 aliphatic carbocycles. The van der Waals surface area contributed by atoms with E-state index in [1.165, 1.54) is 6.33 Å². The van der Waals surface area contributed by atoms with E-state index in [9.17, 15) is 0 Å². The Morgan fingerprint density at radius 1 is 1.45 bits per heavy atom. The normalized spacial score (nSPS) is 10.1. The summed E-state index contributed by atoms with van der Waals surface area (Å²) in [5, 5.41) is 8.79. The van der Waals surface area contributed by atoms with E-state index in [4.69, 9.17) is 15.8 Å². The lowest BCUT2D eigenvalue weighted by atomic mass is 10.1. The lowest BCUT2D eigenvalue weighted by Gasteiger charge is -2.25. The monoisotopic (exact) mass is 278 g/mol. The van der Waals surface area contributed by atoms with E-state index in [-0.39, 0.29) is 0 Å². The molecule has 0 atom stereocenters. The highest BCUT2D eigenvalue weighted by Gasteiger charge is 2.16. The summed E-state index contributed by atoms with van der Waals surface area (Å²) >= 11 is 0. The number of methoxy groups -OCH3 is 1. The highest BCUT2D eigenvalue weighted by atomic mass is 16.5. The van der Waals surface area contributed by atoms with E-state index < -0.39 is 0 Å². The van der Waals surface area contributed by atoms with Crippen LogP contribution in [0.1, 0.15) is 25.3 Å². The summed E-state index contributed by atoms with van der Waals surface area (Å²) in [4.78, 5) is 10.6. The Kier molecular flexibility index (Phi) is 7.32. The van der Waals surface area contributed by atoms with E-state index >= 15 is 0 Å². The molecule has 7 nitrogen and oxygen atoms in total. The van der Waals surface area contributed by atoms with Gasteiger partial charge in [-0.15, -0.1) is 0 Å². The molecule has 20 heavy (non-hydrogen) atoms. The maximum atomic E-state index is 8.79. The maximum Gasteiger partial charge on any atom is 0.148 e. The van der Waals surface area contributed by atoms with Gasteiger partial charge in [0.05, 0.1) is 19.1 Å². The first-order chi connectivity index (χ1) is 9.78. The first kappa shape index (κ1) is 16.1. The third-order valence-corrected chi connectivity index (χ3v) is 2.92. The van der Waals surface area contributed by atoms with E-state index in [0.717, 1.165) is 24.2 Å². The summed E-state index contributed by atoms with van der Waals surface area (Å²) in [5.41, 5.74) is 3.59. The van der Waals surface area contributed by atoms with Crippen molar-refractivity contribution >= 4 is 11.6 Å². The van der Waals surface area contributed by atoms with Gasteiger partial charge in [-0.1, -0.05) is 13.3 Å². The summed E-state index contributed by atoms with van der Waals surface area (Å²) in [5.74, 6) is 6.97. The molecule has 0 saturated carbocycles. The van der Waals surface area contributed by atoms with Crippen molar-refractivity contribution in [3.63, 3.8) is 0 Å². The van der Waals surface area contributed by atoms with Crippen molar-refractivity contribution < 1.29 is 4.74 Å². The van der Waals surface area contributed by atoms with Gasteiger partial charge in [-0.3, -0.25) is 0 Å². The smallest absolute Gasteiger partial charge is 0.148 e. The molecule has 1 heterocycles. The van der Waals surface area contributed by atoms with Crippen molar-refractivity contribution in [2.45, 2.75) is 26.2 Å². The first-order valence-electron chi connectivity index (χ1n) is 6.69. The second-order valence-electron chi connectivity index (χ2n) is 4.31. The van der Waals surface area contributed by atoms with Gasteiger partial charge >= 0.3 is 0 Å². The number of hydrogen-bond donors (Lipinski definition) is 2. The number of nitrogens with zero attached hydrogens (tertiary/aromatic N) is 4. The number of hydrogen-bond acceptors (Lipinski definition) is 7. The molecule has 0 aliphatic rings. The fraction of sp³-hybridized carbons (Fsp3) is 0.615. The Morgan fingerprint density at radius 2 is 2.25 bits per heavy atom. The Morgan fingerprint density at radius 3 is 2.85 bits per heavy atom. The predicted octanol–water partition coefficient (Wildman–Crippen LogP) is 1.08. The second kappa shape index (κ2) is 9.07. The van der Waals surface area contributed by atoms with Crippen LogP contribution in [0.2, 0.25) is 0 Å². The van der Waals surface area contributed by atoms with Crippen molar-refractivity contribution in [2.75, 3.05) is 37.1 Å². The minimum atomic E-state index is 0.435. The molecule has 0 amide bonds. The Labute approximate surface area is 119 Å². The van der Waals surface area contributed by atoms with Gasteiger partial charge < -0.3 is 15.1 Å². The van der Waals surface area contributed by atoms with Crippen molar-refractivity contribution in [3.05, 3.63) is 11.9 Å². The van der Waals surface area contributed by atoms with E-state index in [1.54, 1.807) is 7.11 Å². The van der Waals surface area contributed by atoms with E-state index in [1.807, 2.05) is 4.90 Å². The molecular weight excluding hydrogens is 256 g/mol. The molecule has 1 rings (SSSR count). The zero-order chi connectivity index (χ0) is 14.8. The summed E-state index contributed by atoms with van der Waals surface area (Å²) < 4.78 is 5.12. The van der Waals surface area contributed by atoms with Crippen LogP contribution < -0.4 is 16.2 Å². The summed E-state index contributed by atoms with van der Waals surface area (Å²) in [6, 6.07) is 2.16. The standard InChI is InChI=1S/C13H22N6O/c1-3-5-11-12(18-15)16-10-17-13(11)19(7-4-6-14)8-9-20-2/h10H,3-5,7-9,15H2,1-2H3,(H,16,17,18). The van der Waals surface area contributed by atoms with Crippen molar-refractivity contribution in [1.82, 2.24) is 9.97 Å². The molecule has 0 aromatic carbocycles. The minimum absolute atomic E-state index is 0.435. The van der Waals surface area contributed by atoms with Crippen LogP contribution in [-0.2, 0) is 11.2 Å². The van der Waals surface area contributed by atoms with Gasteiger partial charge in [0.2, 0.25) is 0 Å². The van der Waals surface area contributed by atoms with Crippen molar-refractivity contribution in [2.24, 2.45) is 5.84 Å². The van der Waals surface area contributed by atoms with Crippen molar-refractivity contribution in [3.8, 4) is 6.07 Å². The molecule has 1 aromatic rings. The number of nitrogens with one attached hydrogen (secondary N) is 1. The number of rotatable bonds is 9. The highest BCUT2D eigenvalue weighted by molar-refractivity contribution is 5.58. The molecule has 0 bridgehead atoms. The molecule has 0 saturated heterocycles. The van der Waals surface area contributed by atoms with Crippen molar-refractivity contribution in [1.29, 1.82) is 5.26 Å². The summed E-state index contributed by atoms with van der Waals surface area (Å²) in [7, 11) is 1.66. The molecule has 0 fully saturated rings. The number of anilines is 2. The quantitative estimate of drug-likeness (QED) is 0.515. The summed E-state index contributed by atoms with van der Waals surface area (Å²) in [6.45, 7) is 3.95. The summed E-state index contributed by atoms with van der Waals surface area (Å²) in [6.07, 6.45) is 3.71.